The van der Waals surface area contributed by atoms with Crippen LogP contribution < -0.4 is 5.32 Å². The van der Waals surface area contributed by atoms with Gasteiger partial charge in [0.2, 0.25) is 11.0 Å². The first-order valence-corrected chi connectivity index (χ1v) is 5.90. The molecule has 7 heteroatoms. The average Bonchev–Trinajstić information content (AvgIpc) is 2.63. The third-order valence-electron chi connectivity index (χ3n) is 1.61. The van der Waals surface area contributed by atoms with Gasteiger partial charge < -0.3 is 9.73 Å². The number of hydrogen-bond donors (Lipinski definition) is 2. The van der Waals surface area contributed by atoms with Gasteiger partial charge in [0.25, 0.3) is 0 Å². The summed E-state index contributed by atoms with van der Waals surface area (Å²) in [4.78, 5) is 11.0. The van der Waals surface area contributed by atoms with Crippen molar-refractivity contribution in [3.8, 4) is 0 Å². The summed E-state index contributed by atoms with van der Waals surface area (Å²) in [6, 6.07) is 2.44. The molecule has 1 rings (SSSR count). The first-order valence-electron chi connectivity index (χ1n) is 4.46. The third-order valence-corrected chi connectivity index (χ3v) is 2.33. The maximum atomic E-state index is 11.0. The highest BCUT2D eigenvalue weighted by Gasteiger charge is 2.13. The molecule has 16 heavy (non-hydrogen) atoms. The number of hydrogen-bond acceptors (Lipinski definition) is 4. The first-order chi connectivity index (χ1) is 7.43. The second-order valence-corrected chi connectivity index (χ2v) is 4.21. The van der Waals surface area contributed by atoms with Crippen molar-refractivity contribution < 1.29 is 22.2 Å². The minimum absolute atomic E-state index is 0.166. The Kier molecular flexibility index (Phi) is 3.86. The van der Waals surface area contributed by atoms with Crippen LogP contribution in [0.4, 0.5) is 0 Å². The number of rotatable bonds is 4. The van der Waals surface area contributed by atoms with E-state index in [0.29, 0.717) is 6.54 Å². The van der Waals surface area contributed by atoms with Crippen LogP contribution in [0, 0.1) is 0 Å². The molecule has 0 atom stereocenters. The number of amides is 1. The summed E-state index contributed by atoms with van der Waals surface area (Å²) >= 11 is 0. The molecule has 0 aromatic carbocycles. The van der Waals surface area contributed by atoms with Crippen LogP contribution in [0.5, 0.6) is 0 Å². The molecule has 0 saturated carbocycles. The Morgan fingerprint density at radius 2 is 2.25 bits per heavy atom. The molecule has 1 aromatic heterocycles. The van der Waals surface area contributed by atoms with E-state index in [9.17, 15) is 13.2 Å². The fourth-order valence-corrected chi connectivity index (χ4v) is 1.40. The van der Waals surface area contributed by atoms with Crippen molar-refractivity contribution in [3.05, 3.63) is 24.0 Å². The van der Waals surface area contributed by atoms with Crippen LogP contribution >= 0.6 is 0 Å². The van der Waals surface area contributed by atoms with Crippen LogP contribution in [0.25, 0.3) is 6.08 Å². The Hall–Kier alpha value is -1.60. The highest BCUT2D eigenvalue weighted by atomic mass is 32.2. The fourth-order valence-electron chi connectivity index (χ4n) is 0.954. The van der Waals surface area contributed by atoms with Gasteiger partial charge in [0, 0.05) is 12.6 Å². The van der Waals surface area contributed by atoms with Crippen molar-refractivity contribution in [1.82, 2.24) is 5.32 Å². The maximum Gasteiger partial charge on any atom is 0.328 e. The SMILES string of the molecule is CCNC(=O)C=Cc1ccc(S(=O)(=O)O)o1. The molecule has 0 saturated heterocycles. The van der Waals surface area contributed by atoms with E-state index in [1.54, 1.807) is 6.92 Å². The number of likely N-dealkylation sites (N-methyl/N-ethyl adjacent to an activating group) is 1. The summed E-state index contributed by atoms with van der Waals surface area (Å²) < 4.78 is 34.7. The molecule has 2 N–H and O–H groups in total. The van der Waals surface area contributed by atoms with Gasteiger partial charge in [-0.1, -0.05) is 0 Å². The second-order valence-electron chi connectivity index (χ2n) is 2.86. The van der Waals surface area contributed by atoms with Gasteiger partial charge >= 0.3 is 10.1 Å². The van der Waals surface area contributed by atoms with E-state index in [4.69, 9.17) is 8.97 Å². The van der Waals surface area contributed by atoms with Crippen molar-refractivity contribution in [2.45, 2.75) is 12.0 Å². The molecule has 0 aliphatic rings. The molecule has 0 radical (unpaired) electrons. The summed E-state index contributed by atoms with van der Waals surface area (Å²) in [7, 11) is -4.33. The van der Waals surface area contributed by atoms with E-state index in [0.717, 1.165) is 6.07 Å². The summed E-state index contributed by atoms with van der Waals surface area (Å²) in [6.07, 6.45) is 2.51. The number of furan rings is 1. The minimum atomic E-state index is -4.33. The average molecular weight is 245 g/mol. The van der Waals surface area contributed by atoms with Crippen LogP contribution in [0.15, 0.2) is 27.7 Å². The standard InChI is InChI=1S/C9H11NO5S/c1-2-10-8(11)5-3-7-4-6-9(15-7)16(12,13)14/h3-6H,2H2,1H3,(H,10,11)(H,12,13,14). The predicted octanol–water partition coefficient (Wildman–Crippen LogP) is 0.676. The van der Waals surface area contributed by atoms with Crippen molar-refractivity contribution in [3.63, 3.8) is 0 Å². The molecular weight excluding hydrogens is 234 g/mol. The molecule has 88 valence electrons. The molecule has 6 nitrogen and oxygen atoms in total. The van der Waals surface area contributed by atoms with Gasteiger partial charge in [-0.15, -0.1) is 0 Å². The van der Waals surface area contributed by atoms with Crippen molar-refractivity contribution >= 4 is 22.1 Å². The summed E-state index contributed by atoms with van der Waals surface area (Å²) in [5, 5.41) is 1.97. The van der Waals surface area contributed by atoms with Gasteiger partial charge in [-0.2, -0.15) is 8.42 Å². The molecule has 1 heterocycles. The predicted molar refractivity (Wildman–Crippen MR) is 56.2 cm³/mol. The monoisotopic (exact) mass is 245 g/mol. The topological polar surface area (TPSA) is 96.6 Å². The molecule has 0 unspecified atom stereocenters. The van der Waals surface area contributed by atoms with Gasteiger partial charge in [0.05, 0.1) is 0 Å². The van der Waals surface area contributed by atoms with E-state index in [1.165, 1.54) is 18.2 Å². The molecule has 0 spiro atoms. The largest absolute Gasteiger partial charge is 0.443 e. The Balaban J connectivity index is 2.77. The number of carbonyl (C=O) groups is 1. The molecular formula is C9H11NO5S. The first kappa shape index (κ1) is 12.5. The summed E-state index contributed by atoms with van der Waals surface area (Å²) in [5.41, 5.74) is 0. The maximum absolute atomic E-state index is 11.0. The van der Waals surface area contributed by atoms with Gasteiger partial charge in [-0.3, -0.25) is 9.35 Å². The third kappa shape index (κ3) is 3.52. The van der Waals surface area contributed by atoms with E-state index in [-0.39, 0.29) is 11.7 Å². The van der Waals surface area contributed by atoms with E-state index in [2.05, 4.69) is 5.32 Å². The summed E-state index contributed by atoms with van der Waals surface area (Å²) in [5.74, 6) is -0.147. The van der Waals surface area contributed by atoms with Crippen LogP contribution in [-0.2, 0) is 14.9 Å². The number of nitrogens with one attached hydrogen (secondary N) is 1. The zero-order chi connectivity index (χ0) is 12.2. The molecule has 0 fully saturated rings. The van der Waals surface area contributed by atoms with Crippen molar-refractivity contribution in [2.75, 3.05) is 6.54 Å². The van der Waals surface area contributed by atoms with E-state index < -0.39 is 15.2 Å². The van der Waals surface area contributed by atoms with Gasteiger partial charge in [-0.05, 0) is 25.1 Å². The lowest BCUT2D eigenvalue weighted by Gasteiger charge is -1.93. The lowest BCUT2D eigenvalue weighted by atomic mass is 10.4. The van der Waals surface area contributed by atoms with Gasteiger partial charge in [0.15, 0.2) is 0 Å². The Bertz CT molecular complexity index is 500. The Morgan fingerprint density at radius 1 is 1.56 bits per heavy atom. The lowest BCUT2D eigenvalue weighted by molar-refractivity contribution is -0.116. The minimum Gasteiger partial charge on any atom is -0.443 e. The smallest absolute Gasteiger partial charge is 0.328 e. The molecule has 0 bridgehead atoms. The van der Waals surface area contributed by atoms with Crippen molar-refractivity contribution in [2.24, 2.45) is 0 Å². The van der Waals surface area contributed by atoms with Crippen molar-refractivity contribution in [1.29, 1.82) is 0 Å². The molecule has 1 amide bonds. The van der Waals surface area contributed by atoms with Crippen LogP contribution in [0.2, 0.25) is 0 Å². The Morgan fingerprint density at radius 3 is 2.75 bits per heavy atom. The van der Waals surface area contributed by atoms with Gasteiger partial charge in [-0.25, -0.2) is 0 Å². The fraction of sp³-hybridized carbons (Fsp3) is 0.222. The second kappa shape index (κ2) is 4.95. The van der Waals surface area contributed by atoms with Gasteiger partial charge in [0.1, 0.15) is 5.76 Å². The van der Waals surface area contributed by atoms with Crippen LogP contribution in [0.3, 0.4) is 0 Å². The van der Waals surface area contributed by atoms with Crippen LogP contribution in [0.1, 0.15) is 12.7 Å². The number of carbonyl (C=O) groups excluding carboxylic acids is 1. The lowest BCUT2D eigenvalue weighted by Crippen LogP contribution is -2.19. The van der Waals surface area contributed by atoms with Crippen LogP contribution in [-0.4, -0.2) is 25.4 Å². The molecule has 0 aliphatic heterocycles. The normalized spacial score (nSPS) is 11.9. The highest BCUT2D eigenvalue weighted by molar-refractivity contribution is 7.85. The Labute approximate surface area is 92.7 Å². The quantitative estimate of drug-likeness (QED) is 0.600. The van der Waals surface area contributed by atoms with E-state index in [1.807, 2.05) is 0 Å². The zero-order valence-corrected chi connectivity index (χ0v) is 9.32. The highest BCUT2D eigenvalue weighted by Crippen LogP contribution is 2.14. The zero-order valence-electron chi connectivity index (χ0n) is 8.50. The summed E-state index contributed by atoms with van der Waals surface area (Å²) in [6.45, 7) is 2.27. The molecule has 1 aromatic rings. The van der Waals surface area contributed by atoms with E-state index >= 15 is 0 Å². The molecule has 0 aliphatic carbocycles.